The summed E-state index contributed by atoms with van der Waals surface area (Å²) in [6.07, 6.45) is 0.513. The highest BCUT2D eigenvalue weighted by Crippen LogP contribution is 2.16. The molecule has 4 heteroatoms. The molecule has 0 heterocycles. The van der Waals surface area contributed by atoms with Gasteiger partial charge in [-0.3, -0.25) is 4.79 Å². The lowest BCUT2D eigenvalue weighted by Gasteiger charge is -2.16. The van der Waals surface area contributed by atoms with Crippen LogP contribution in [0.25, 0.3) is 0 Å². The van der Waals surface area contributed by atoms with Crippen molar-refractivity contribution in [1.82, 2.24) is 5.32 Å². The van der Waals surface area contributed by atoms with Crippen LogP contribution in [-0.2, 0) is 4.79 Å². The number of carbonyl (C=O) groups excluding carboxylic acids is 1. The minimum Gasteiger partial charge on any atom is -0.387 e. The molecule has 0 saturated carbocycles. The van der Waals surface area contributed by atoms with Gasteiger partial charge in [-0.25, -0.2) is 0 Å². The maximum atomic E-state index is 10.9. The molecule has 0 aliphatic rings. The molecule has 4 nitrogen and oxygen atoms in total. The van der Waals surface area contributed by atoms with Gasteiger partial charge in [-0.1, -0.05) is 19.1 Å². The molecule has 1 rings (SSSR count). The van der Waals surface area contributed by atoms with Crippen molar-refractivity contribution >= 4 is 11.6 Å². The number of hydrogen-bond acceptors (Lipinski definition) is 3. The van der Waals surface area contributed by atoms with E-state index in [2.05, 4.69) is 24.5 Å². The van der Waals surface area contributed by atoms with Gasteiger partial charge < -0.3 is 15.7 Å². The number of carbonyl (C=O) groups is 1. The van der Waals surface area contributed by atoms with E-state index in [0.717, 1.165) is 17.7 Å². The second kappa shape index (κ2) is 7.13. The van der Waals surface area contributed by atoms with Crippen LogP contribution in [0.4, 0.5) is 5.69 Å². The van der Waals surface area contributed by atoms with Crippen LogP contribution in [0.3, 0.4) is 0 Å². The first-order chi connectivity index (χ1) is 8.52. The van der Waals surface area contributed by atoms with Gasteiger partial charge in [0.2, 0.25) is 5.91 Å². The zero-order valence-electron chi connectivity index (χ0n) is 11.2. The molecule has 0 saturated heterocycles. The largest absolute Gasteiger partial charge is 0.387 e. The molecule has 1 amide bonds. The summed E-state index contributed by atoms with van der Waals surface area (Å²) in [5.41, 5.74) is 1.59. The third-order valence-electron chi connectivity index (χ3n) is 2.89. The smallest absolute Gasteiger partial charge is 0.221 e. The monoisotopic (exact) mass is 250 g/mol. The summed E-state index contributed by atoms with van der Waals surface area (Å²) in [4.78, 5) is 10.9. The van der Waals surface area contributed by atoms with Crippen LogP contribution in [0.1, 0.15) is 38.9 Å². The Kier molecular flexibility index (Phi) is 5.82. The first-order valence-corrected chi connectivity index (χ1v) is 6.32. The maximum absolute atomic E-state index is 10.9. The molecule has 2 atom stereocenters. The van der Waals surface area contributed by atoms with E-state index in [9.17, 15) is 9.90 Å². The Balaban J connectivity index is 2.53. The van der Waals surface area contributed by atoms with Gasteiger partial charge in [0.25, 0.3) is 0 Å². The second-order valence-electron chi connectivity index (χ2n) is 4.54. The zero-order valence-corrected chi connectivity index (χ0v) is 11.2. The van der Waals surface area contributed by atoms with E-state index in [1.165, 1.54) is 6.92 Å². The van der Waals surface area contributed by atoms with Crippen LogP contribution in [-0.4, -0.2) is 23.6 Å². The van der Waals surface area contributed by atoms with Crippen molar-refractivity contribution < 1.29 is 9.90 Å². The number of aliphatic hydroxyl groups is 1. The summed E-state index contributed by atoms with van der Waals surface area (Å²) >= 11 is 0. The number of rotatable bonds is 6. The lowest BCUT2D eigenvalue weighted by molar-refractivity contribution is -0.114. The standard InChI is InChI=1S/C14H22N2O2/c1-4-10(2)15-9-14(18)12-5-7-13(8-6-12)16-11(3)17/h5-8,10,14-15,18H,4,9H2,1-3H3,(H,16,17). The summed E-state index contributed by atoms with van der Waals surface area (Å²) in [5.74, 6) is -0.0956. The highest BCUT2D eigenvalue weighted by molar-refractivity contribution is 5.88. The number of amides is 1. The highest BCUT2D eigenvalue weighted by Gasteiger charge is 2.08. The first kappa shape index (κ1) is 14.7. The first-order valence-electron chi connectivity index (χ1n) is 6.32. The Morgan fingerprint density at radius 2 is 1.94 bits per heavy atom. The van der Waals surface area contributed by atoms with Gasteiger partial charge >= 0.3 is 0 Å². The predicted octanol–water partition coefficient (Wildman–Crippen LogP) is 2.07. The van der Waals surface area contributed by atoms with Crippen molar-refractivity contribution in [1.29, 1.82) is 0 Å². The Bertz CT molecular complexity index is 376. The van der Waals surface area contributed by atoms with E-state index in [0.29, 0.717) is 12.6 Å². The predicted molar refractivity (Wildman–Crippen MR) is 73.5 cm³/mol. The average Bonchev–Trinajstić information content (AvgIpc) is 2.35. The van der Waals surface area contributed by atoms with E-state index in [1.54, 1.807) is 12.1 Å². The van der Waals surface area contributed by atoms with Crippen molar-refractivity contribution in [2.45, 2.75) is 39.3 Å². The molecule has 0 spiro atoms. The number of nitrogens with one attached hydrogen (secondary N) is 2. The molecule has 3 N–H and O–H groups in total. The van der Waals surface area contributed by atoms with Gasteiger partial charge in [0.1, 0.15) is 0 Å². The summed E-state index contributed by atoms with van der Waals surface area (Å²) in [6, 6.07) is 7.65. The normalized spacial score (nSPS) is 14.0. The third kappa shape index (κ3) is 4.85. The third-order valence-corrected chi connectivity index (χ3v) is 2.89. The van der Waals surface area contributed by atoms with Crippen molar-refractivity contribution in [3.05, 3.63) is 29.8 Å². The van der Waals surface area contributed by atoms with Crippen LogP contribution in [0, 0.1) is 0 Å². The van der Waals surface area contributed by atoms with E-state index in [-0.39, 0.29) is 5.91 Å². The molecular formula is C14H22N2O2. The van der Waals surface area contributed by atoms with Gasteiger partial charge in [-0.15, -0.1) is 0 Å². The minimum absolute atomic E-state index is 0.0956. The minimum atomic E-state index is -0.523. The lowest BCUT2D eigenvalue weighted by Crippen LogP contribution is -2.29. The fraction of sp³-hybridized carbons (Fsp3) is 0.500. The van der Waals surface area contributed by atoms with Crippen LogP contribution in [0.5, 0.6) is 0 Å². The molecule has 0 bridgehead atoms. The summed E-state index contributed by atoms with van der Waals surface area (Å²) in [6.45, 7) is 6.20. The highest BCUT2D eigenvalue weighted by atomic mass is 16.3. The zero-order chi connectivity index (χ0) is 13.5. The Morgan fingerprint density at radius 1 is 1.33 bits per heavy atom. The van der Waals surface area contributed by atoms with E-state index >= 15 is 0 Å². The topological polar surface area (TPSA) is 61.4 Å². The molecule has 0 aliphatic heterocycles. The van der Waals surface area contributed by atoms with Gasteiger partial charge in [0, 0.05) is 25.2 Å². The van der Waals surface area contributed by atoms with Crippen molar-refractivity contribution in [3.8, 4) is 0 Å². The second-order valence-corrected chi connectivity index (χ2v) is 4.54. The summed E-state index contributed by atoms with van der Waals surface area (Å²) in [7, 11) is 0. The van der Waals surface area contributed by atoms with E-state index < -0.39 is 6.10 Å². The van der Waals surface area contributed by atoms with E-state index in [4.69, 9.17) is 0 Å². The Hall–Kier alpha value is -1.39. The Morgan fingerprint density at radius 3 is 2.44 bits per heavy atom. The lowest BCUT2D eigenvalue weighted by atomic mass is 10.1. The van der Waals surface area contributed by atoms with Crippen LogP contribution >= 0.6 is 0 Å². The molecule has 0 aliphatic carbocycles. The van der Waals surface area contributed by atoms with Gasteiger partial charge in [0.15, 0.2) is 0 Å². The molecule has 0 radical (unpaired) electrons. The quantitative estimate of drug-likeness (QED) is 0.724. The fourth-order valence-corrected chi connectivity index (χ4v) is 1.57. The van der Waals surface area contributed by atoms with Gasteiger partial charge in [-0.2, -0.15) is 0 Å². The van der Waals surface area contributed by atoms with Crippen molar-refractivity contribution in [3.63, 3.8) is 0 Å². The van der Waals surface area contributed by atoms with Crippen LogP contribution in [0.2, 0.25) is 0 Å². The van der Waals surface area contributed by atoms with Crippen molar-refractivity contribution in [2.75, 3.05) is 11.9 Å². The van der Waals surface area contributed by atoms with Crippen LogP contribution in [0.15, 0.2) is 24.3 Å². The van der Waals surface area contributed by atoms with Crippen LogP contribution < -0.4 is 10.6 Å². The number of aliphatic hydroxyl groups excluding tert-OH is 1. The van der Waals surface area contributed by atoms with E-state index in [1.807, 2.05) is 12.1 Å². The molecule has 0 fully saturated rings. The summed E-state index contributed by atoms with van der Waals surface area (Å²) < 4.78 is 0. The fourth-order valence-electron chi connectivity index (χ4n) is 1.57. The molecule has 0 aromatic heterocycles. The average molecular weight is 250 g/mol. The Labute approximate surface area is 108 Å². The number of anilines is 1. The maximum Gasteiger partial charge on any atom is 0.221 e. The van der Waals surface area contributed by atoms with Gasteiger partial charge in [0.05, 0.1) is 6.10 Å². The molecule has 1 aromatic rings. The summed E-state index contributed by atoms with van der Waals surface area (Å²) in [5, 5.41) is 15.9. The molecule has 100 valence electrons. The molecular weight excluding hydrogens is 228 g/mol. The molecule has 2 unspecified atom stereocenters. The number of benzene rings is 1. The number of hydrogen-bond donors (Lipinski definition) is 3. The molecule has 1 aromatic carbocycles. The SMILES string of the molecule is CCC(C)NCC(O)c1ccc(NC(C)=O)cc1. The molecule has 18 heavy (non-hydrogen) atoms. The van der Waals surface area contributed by atoms with Gasteiger partial charge in [-0.05, 0) is 31.0 Å². The van der Waals surface area contributed by atoms with Crippen molar-refractivity contribution in [2.24, 2.45) is 0 Å².